The number of rotatable bonds is 9. The highest BCUT2D eigenvalue weighted by Crippen LogP contribution is 2.47. The highest BCUT2D eigenvalue weighted by Gasteiger charge is 2.34. The summed E-state index contributed by atoms with van der Waals surface area (Å²) in [6, 6.07) is 10.0. The molecule has 2 aromatic heterocycles. The van der Waals surface area contributed by atoms with Crippen LogP contribution in [0.15, 0.2) is 52.4 Å². The van der Waals surface area contributed by atoms with E-state index >= 15 is 0 Å². The highest BCUT2D eigenvalue weighted by atomic mass is 79.9. The lowest BCUT2D eigenvalue weighted by Gasteiger charge is -2.13. The highest BCUT2D eigenvalue weighted by molar-refractivity contribution is 9.10. The van der Waals surface area contributed by atoms with E-state index in [2.05, 4.69) is 30.6 Å². The lowest BCUT2D eigenvalue weighted by Crippen LogP contribution is -2.10. The van der Waals surface area contributed by atoms with E-state index in [0.717, 1.165) is 34.7 Å². The number of benzene rings is 2. The topological polar surface area (TPSA) is 91.4 Å². The molecule has 35 heavy (non-hydrogen) atoms. The summed E-state index contributed by atoms with van der Waals surface area (Å²) in [6.07, 6.45) is 5.11. The summed E-state index contributed by atoms with van der Waals surface area (Å²) in [6.45, 7) is 2.32. The number of ether oxygens (including phenoxy) is 2. The summed E-state index contributed by atoms with van der Waals surface area (Å²) >= 11 is 5.14. The van der Waals surface area contributed by atoms with E-state index in [9.17, 15) is 9.90 Å². The average molecular weight is 557 g/mol. The Morgan fingerprint density at radius 2 is 2.11 bits per heavy atom. The van der Waals surface area contributed by atoms with Gasteiger partial charge in [0.15, 0.2) is 0 Å². The van der Waals surface area contributed by atoms with Crippen LogP contribution in [0.2, 0.25) is 0 Å². The monoisotopic (exact) mass is 556 g/mol. The number of hydrogen-bond acceptors (Lipinski definition) is 7. The lowest BCUT2D eigenvalue weighted by atomic mass is 10.0. The Labute approximate surface area is 215 Å². The van der Waals surface area contributed by atoms with Crippen LogP contribution in [0.5, 0.6) is 11.5 Å². The number of phenolic OH excluding ortho intramolecular Hbond substituents is 1. The molecule has 2 aromatic carbocycles. The van der Waals surface area contributed by atoms with Crippen LogP contribution in [0, 0.1) is 0 Å². The van der Waals surface area contributed by atoms with Crippen molar-refractivity contribution in [3.05, 3.63) is 64.3 Å². The third-order valence-corrected chi connectivity index (χ3v) is 7.70. The molecule has 4 aromatic rings. The molecule has 0 unspecified atom stereocenters. The van der Waals surface area contributed by atoms with Crippen LogP contribution < -0.4 is 4.74 Å². The zero-order chi connectivity index (χ0) is 24.5. The van der Waals surface area contributed by atoms with E-state index in [1.54, 1.807) is 36.8 Å². The van der Waals surface area contributed by atoms with E-state index in [1.165, 1.54) is 6.33 Å². The third-order valence-electron chi connectivity index (χ3n) is 6.03. The minimum atomic E-state index is -0.394. The quantitative estimate of drug-likeness (QED) is 0.213. The fourth-order valence-electron chi connectivity index (χ4n) is 4.39. The SMILES string of the molecule is CCOC(=O)c1c(CSc2ccccc2OC)n(C2CC2)c2cc(Br)c(O)c(Cn3cncn3)c12. The first kappa shape index (κ1) is 23.7. The molecule has 0 bridgehead atoms. The number of fused-ring (bicyclic) bond motifs is 1. The number of methoxy groups -OCH3 is 1. The molecule has 0 radical (unpaired) electrons. The molecule has 1 fully saturated rings. The van der Waals surface area contributed by atoms with Gasteiger partial charge in [-0.1, -0.05) is 12.1 Å². The predicted octanol–water partition coefficient (Wildman–Crippen LogP) is 5.56. The normalized spacial score (nSPS) is 13.3. The van der Waals surface area contributed by atoms with Gasteiger partial charge in [0.1, 0.15) is 24.2 Å². The summed E-state index contributed by atoms with van der Waals surface area (Å²) in [7, 11) is 1.65. The second-order valence-corrected chi connectivity index (χ2v) is 10.1. The summed E-state index contributed by atoms with van der Waals surface area (Å²) in [4.78, 5) is 18.4. The number of aromatic nitrogens is 4. The molecule has 182 valence electrons. The van der Waals surface area contributed by atoms with E-state index in [1.807, 2.05) is 30.3 Å². The smallest absolute Gasteiger partial charge is 0.340 e. The van der Waals surface area contributed by atoms with Crippen molar-refractivity contribution in [1.29, 1.82) is 0 Å². The number of halogens is 1. The van der Waals surface area contributed by atoms with Crippen molar-refractivity contribution >= 4 is 44.6 Å². The van der Waals surface area contributed by atoms with E-state index < -0.39 is 5.97 Å². The van der Waals surface area contributed by atoms with Crippen LogP contribution in [0.25, 0.3) is 10.9 Å². The van der Waals surface area contributed by atoms with Gasteiger partial charge < -0.3 is 19.1 Å². The lowest BCUT2D eigenvalue weighted by molar-refractivity contribution is 0.0527. The second-order valence-electron chi connectivity index (χ2n) is 8.26. The standard InChI is InChI=1S/C25H25BrN4O4S/c1-3-34-25(32)23-19(12-35-21-7-5-4-6-20(21)33-2)30(15-8-9-15)18-10-17(26)24(31)16(22(18)23)11-29-14-27-13-28-29/h4-7,10,13-15,31H,3,8-9,11-12H2,1-2H3. The van der Waals surface area contributed by atoms with Crippen molar-refractivity contribution in [3.63, 3.8) is 0 Å². The first-order valence-corrected chi connectivity index (χ1v) is 13.1. The molecule has 0 amide bonds. The number of carbonyl (C=O) groups excluding carboxylic acids is 1. The average Bonchev–Trinajstić information content (AvgIpc) is 3.46. The van der Waals surface area contributed by atoms with Crippen LogP contribution in [-0.2, 0) is 17.0 Å². The number of thioether (sulfide) groups is 1. The predicted molar refractivity (Wildman–Crippen MR) is 137 cm³/mol. The molecule has 10 heteroatoms. The Morgan fingerprint density at radius 3 is 2.80 bits per heavy atom. The van der Waals surface area contributed by atoms with Crippen molar-refractivity contribution in [2.24, 2.45) is 0 Å². The van der Waals surface area contributed by atoms with Crippen LogP contribution in [0.3, 0.4) is 0 Å². The van der Waals surface area contributed by atoms with Crippen molar-refractivity contribution in [2.45, 2.75) is 43.0 Å². The second kappa shape index (κ2) is 9.94. The minimum Gasteiger partial charge on any atom is -0.506 e. The van der Waals surface area contributed by atoms with E-state index in [0.29, 0.717) is 32.8 Å². The van der Waals surface area contributed by atoms with E-state index in [-0.39, 0.29) is 18.9 Å². The van der Waals surface area contributed by atoms with Crippen LogP contribution in [0.4, 0.5) is 0 Å². The molecule has 2 heterocycles. The maximum atomic E-state index is 13.4. The molecular formula is C25H25BrN4O4S. The van der Waals surface area contributed by atoms with Gasteiger partial charge in [-0.25, -0.2) is 14.5 Å². The maximum absolute atomic E-state index is 13.4. The molecule has 1 aliphatic carbocycles. The number of para-hydroxylation sites is 1. The van der Waals surface area contributed by atoms with Gasteiger partial charge in [0.05, 0.1) is 35.8 Å². The van der Waals surface area contributed by atoms with Crippen LogP contribution >= 0.6 is 27.7 Å². The molecule has 0 aliphatic heterocycles. The molecule has 8 nitrogen and oxygen atoms in total. The van der Waals surface area contributed by atoms with Gasteiger partial charge in [-0.15, -0.1) is 11.8 Å². The summed E-state index contributed by atoms with van der Waals surface area (Å²) in [5.41, 5.74) is 2.88. The first-order valence-electron chi connectivity index (χ1n) is 11.4. The number of phenols is 1. The maximum Gasteiger partial charge on any atom is 0.340 e. The number of aromatic hydroxyl groups is 1. The van der Waals surface area contributed by atoms with Crippen molar-refractivity contribution in [1.82, 2.24) is 19.3 Å². The fraction of sp³-hybridized carbons (Fsp3) is 0.320. The first-order chi connectivity index (χ1) is 17.0. The van der Waals surface area contributed by atoms with E-state index in [4.69, 9.17) is 9.47 Å². The Balaban J connectivity index is 1.72. The summed E-state index contributed by atoms with van der Waals surface area (Å²) in [5.74, 6) is 1.02. The van der Waals surface area contributed by atoms with Gasteiger partial charge in [-0.2, -0.15) is 5.10 Å². The van der Waals surface area contributed by atoms with Gasteiger partial charge in [-0.3, -0.25) is 0 Å². The third kappa shape index (κ3) is 4.52. The molecule has 1 saturated carbocycles. The van der Waals surface area contributed by atoms with Crippen LogP contribution in [0.1, 0.15) is 47.4 Å². The zero-order valence-corrected chi connectivity index (χ0v) is 21.8. The van der Waals surface area contributed by atoms with Crippen LogP contribution in [-0.4, -0.2) is 44.1 Å². The number of hydrogen-bond donors (Lipinski definition) is 1. The minimum absolute atomic E-state index is 0.0791. The largest absolute Gasteiger partial charge is 0.506 e. The number of nitrogens with zero attached hydrogens (tertiary/aromatic N) is 4. The van der Waals surface area contributed by atoms with Gasteiger partial charge in [0.25, 0.3) is 0 Å². The number of esters is 1. The van der Waals surface area contributed by atoms with Crippen molar-refractivity contribution in [3.8, 4) is 11.5 Å². The summed E-state index contributed by atoms with van der Waals surface area (Å²) in [5, 5.41) is 16.0. The van der Waals surface area contributed by atoms with Crippen molar-refractivity contribution < 1.29 is 19.4 Å². The molecule has 1 N–H and O–H groups in total. The molecule has 1 aliphatic rings. The number of carbonyl (C=O) groups is 1. The van der Waals surface area contributed by atoms with Gasteiger partial charge in [-0.05, 0) is 53.9 Å². The fourth-order valence-corrected chi connectivity index (χ4v) is 5.89. The summed E-state index contributed by atoms with van der Waals surface area (Å²) < 4.78 is 15.5. The Morgan fingerprint density at radius 1 is 1.31 bits per heavy atom. The molecule has 0 saturated heterocycles. The Bertz CT molecular complexity index is 1380. The zero-order valence-electron chi connectivity index (χ0n) is 19.4. The molecular weight excluding hydrogens is 532 g/mol. The van der Waals surface area contributed by atoms with Crippen molar-refractivity contribution in [2.75, 3.05) is 13.7 Å². The van der Waals surface area contributed by atoms with Gasteiger partial charge in [0.2, 0.25) is 0 Å². The molecule has 0 atom stereocenters. The van der Waals surface area contributed by atoms with Gasteiger partial charge in [0, 0.05) is 33.3 Å². The van der Waals surface area contributed by atoms with Gasteiger partial charge >= 0.3 is 5.97 Å². The Hall–Kier alpha value is -2.98. The molecule has 0 spiro atoms. The Kier molecular flexibility index (Phi) is 6.75. The molecule has 5 rings (SSSR count).